The van der Waals surface area contributed by atoms with Crippen molar-refractivity contribution in [1.82, 2.24) is 19.7 Å². The Morgan fingerprint density at radius 3 is 2.79 bits per heavy atom. The van der Waals surface area contributed by atoms with Gasteiger partial charge in [-0.3, -0.25) is 9.67 Å². The molecule has 0 amide bonds. The average molecular weight is 381 g/mol. The molecule has 0 fully saturated rings. The van der Waals surface area contributed by atoms with Crippen molar-refractivity contribution < 1.29 is 9.90 Å². The molecular formula is C21H27N5O2. The van der Waals surface area contributed by atoms with Gasteiger partial charge in [-0.1, -0.05) is 18.1 Å². The molecule has 28 heavy (non-hydrogen) atoms. The van der Waals surface area contributed by atoms with Gasteiger partial charge in [0.25, 0.3) is 0 Å². The van der Waals surface area contributed by atoms with Crippen LogP contribution < -0.4 is 5.32 Å². The number of nitrogens with one attached hydrogen (secondary N) is 1. The molecule has 148 valence electrons. The molecule has 7 heteroatoms. The SMILES string of the molecule is Cc1ccc2c(c1)c(Nc1cnccc1C(=O)O)nn2CCCCCN(C)C. The molecule has 0 atom stereocenters. The van der Waals surface area contributed by atoms with Crippen LogP contribution in [-0.2, 0) is 6.54 Å². The number of benzene rings is 1. The lowest BCUT2D eigenvalue weighted by molar-refractivity contribution is 0.0698. The summed E-state index contributed by atoms with van der Waals surface area (Å²) in [4.78, 5) is 17.7. The van der Waals surface area contributed by atoms with E-state index in [1.807, 2.05) is 11.6 Å². The van der Waals surface area contributed by atoms with E-state index in [1.54, 1.807) is 0 Å². The number of rotatable bonds is 9. The summed E-state index contributed by atoms with van der Waals surface area (Å²) in [5.74, 6) is -0.340. The number of pyridine rings is 1. The fourth-order valence-electron chi connectivity index (χ4n) is 3.23. The van der Waals surface area contributed by atoms with E-state index < -0.39 is 5.97 Å². The third kappa shape index (κ3) is 4.67. The second kappa shape index (κ2) is 8.84. The van der Waals surface area contributed by atoms with Crippen LogP contribution in [0.15, 0.2) is 36.7 Å². The van der Waals surface area contributed by atoms with E-state index in [2.05, 4.69) is 47.5 Å². The average Bonchev–Trinajstić information content (AvgIpc) is 2.98. The number of anilines is 2. The largest absolute Gasteiger partial charge is 0.478 e. The molecule has 1 aromatic carbocycles. The highest BCUT2D eigenvalue weighted by atomic mass is 16.4. The van der Waals surface area contributed by atoms with Gasteiger partial charge in [0.05, 0.1) is 23.0 Å². The number of hydrogen-bond acceptors (Lipinski definition) is 5. The lowest BCUT2D eigenvalue weighted by atomic mass is 10.1. The summed E-state index contributed by atoms with van der Waals surface area (Å²) in [7, 11) is 4.18. The van der Waals surface area contributed by atoms with E-state index in [0.717, 1.165) is 48.8 Å². The smallest absolute Gasteiger partial charge is 0.337 e. The molecule has 0 radical (unpaired) electrons. The van der Waals surface area contributed by atoms with Crippen LogP contribution in [0.5, 0.6) is 0 Å². The predicted molar refractivity (Wildman–Crippen MR) is 111 cm³/mol. The van der Waals surface area contributed by atoms with Crippen LogP contribution in [0.2, 0.25) is 0 Å². The molecule has 0 saturated heterocycles. The Morgan fingerprint density at radius 2 is 2.04 bits per heavy atom. The van der Waals surface area contributed by atoms with Gasteiger partial charge in [-0.05, 0) is 58.6 Å². The van der Waals surface area contributed by atoms with Crippen LogP contribution in [-0.4, -0.2) is 51.4 Å². The van der Waals surface area contributed by atoms with Gasteiger partial charge in [-0.15, -0.1) is 0 Å². The van der Waals surface area contributed by atoms with Crippen molar-refractivity contribution in [2.75, 3.05) is 26.0 Å². The zero-order chi connectivity index (χ0) is 20.1. The number of carboxylic acids is 1. The van der Waals surface area contributed by atoms with E-state index in [9.17, 15) is 9.90 Å². The van der Waals surface area contributed by atoms with Crippen molar-refractivity contribution in [1.29, 1.82) is 0 Å². The number of nitrogens with zero attached hydrogens (tertiary/aromatic N) is 4. The monoisotopic (exact) mass is 381 g/mol. The summed E-state index contributed by atoms with van der Waals surface area (Å²) in [6, 6.07) is 7.71. The lowest BCUT2D eigenvalue weighted by Gasteiger charge is -2.09. The molecule has 0 spiro atoms. The van der Waals surface area contributed by atoms with Gasteiger partial charge in [0.2, 0.25) is 0 Å². The van der Waals surface area contributed by atoms with Gasteiger partial charge in [0, 0.05) is 18.1 Å². The minimum absolute atomic E-state index is 0.175. The maximum absolute atomic E-state index is 11.5. The Morgan fingerprint density at radius 1 is 1.21 bits per heavy atom. The molecule has 2 heterocycles. The summed E-state index contributed by atoms with van der Waals surface area (Å²) >= 11 is 0. The zero-order valence-electron chi connectivity index (χ0n) is 16.6. The van der Waals surface area contributed by atoms with Crippen molar-refractivity contribution in [2.24, 2.45) is 0 Å². The Kier molecular flexibility index (Phi) is 6.26. The second-order valence-corrected chi connectivity index (χ2v) is 7.31. The van der Waals surface area contributed by atoms with Crippen molar-refractivity contribution in [3.63, 3.8) is 0 Å². The molecule has 3 aromatic rings. The zero-order valence-corrected chi connectivity index (χ0v) is 16.6. The molecule has 0 saturated carbocycles. The van der Waals surface area contributed by atoms with Gasteiger partial charge in [-0.25, -0.2) is 4.79 Å². The molecule has 2 N–H and O–H groups in total. The first-order chi connectivity index (χ1) is 13.5. The Bertz CT molecular complexity index is 965. The maximum atomic E-state index is 11.5. The van der Waals surface area contributed by atoms with Crippen molar-refractivity contribution in [3.05, 3.63) is 47.8 Å². The summed E-state index contributed by atoms with van der Waals surface area (Å²) in [6.45, 7) is 3.95. The van der Waals surface area contributed by atoms with E-state index in [1.165, 1.54) is 18.5 Å². The number of fused-ring (bicyclic) bond motifs is 1. The predicted octanol–water partition coefficient (Wildman–Crippen LogP) is 3.91. The molecule has 0 aliphatic carbocycles. The van der Waals surface area contributed by atoms with Crippen LogP contribution in [0, 0.1) is 6.92 Å². The molecule has 3 rings (SSSR count). The Balaban J connectivity index is 1.85. The van der Waals surface area contributed by atoms with Crippen molar-refractivity contribution in [3.8, 4) is 0 Å². The van der Waals surface area contributed by atoms with Crippen LogP contribution in [0.25, 0.3) is 10.9 Å². The number of carboxylic acid groups (broad SMARTS) is 1. The molecule has 7 nitrogen and oxygen atoms in total. The van der Waals surface area contributed by atoms with Gasteiger partial charge in [0.15, 0.2) is 5.82 Å². The standard InChI is InChI=1S/C21H27N5O2/c1-15-7-8-19-17(13-15)20(23-18-14-22-10-9-16(18)21(27)28)24-26(19)12-6-4-5-11-25(2)3/h7-10,13-14H,4-6,11-12H2,1-3H3,(H,23,24)(H,27,28). The van der Waals surface area contributed by atoms with E-state index in [4.69, 9.17) is 5.10 Å². The number of unbranched alkanes of at least 4 members (excludes halogenated alkanes) is 2. The first-order valence-corrected chi connectivity index (χ1v) is 9.52. The lowest BCUT2D eigenvalue weighted by Crippen LogP contribution is -2.13. The first kappa shape index (κ1) is 19.8. The molecule has 0 unspecified atom stereocenters. The highest BCUT2D eigenvalue weighted by Gasteiger charge is 2.15. The number of aromatic carboxylic acids is 1. The van der Waals surface area contributed by atoms with Gasteiger partial charge in [-0.2, -0.15) is 5.10 Å². The highest BCUT2D eigenvalue weighted by Crippen LogP contribution is 2.28. The maximum Gasteiger partial charge on any atom is 0.337 e. The van der Waals surface area contributed by atoms with E-state index in [-0.39, 0.29) is 5.56 Å². The van der Waals surface area contributed by atoms with Gasteiger partial charge in [0.1, 0.15) is 0 Å². The van der Waals surface area contributed by atoms with E-state index in [0.29, 0.717) is 11.5 Å². The number of carbonyl (C=O) groups is 1. The summed E-state index contributed by atoms with van der Waals surface area (Å²) in [5.41, 5.74) is 2.79. The fraction of sp³-hybridized carbons (Fsp3) is 0.381. The third-order valence-corrected chi connectivity index (χ3v) is 4.69. The van der Waals surface area contributed by atoms with E-state index >= 15 is 0 Å². The topological polar surface area (TPSA) is 83.3 Å². The highest BCUT2D eigenvalue weighted by molar-refractivity contribution is 5.98. The third-order valence-electron chi connectivity index (χ3n) is 4.69. The normalized spacial score (nSPS) is 11.3. The number of aryl methyl sites for hydroxylation is 2. The van der Waals surface area contributed by atoms with Crippen LogP contribution in [0.4, 0.5) is 11.5 Å². The molecule has 0 aliphatic rings. The first-order valence-electron chi connectivity index (χ1n) is 9.52. The molecule has 0 aliphatic heterocycles. The quantitative estimate of drug-likeness (QED) is 0.547. The van der Waals surface area contributed by atoms with Crippen molar-refractivity contribution in [2.45, 2.75) is 32.7 Å². The summed E-state index contributed by atoms with van der Waals surface area (Å²) in [6.07, 6.45) is 6.34. The van der Waals surface area contributed by atoms with Gasteiger partial charge < -0.3 is 15.3 Å². The minimum atomic E-state index is -0.995. The molecule has 0 bridgehead atoms. The fourth-order valence-corrected chi connectivity index (χ4v) is 3.23. The second-order valence-electron chi connectivity index (χ2n) is 7.31. The van der Waals surface area contributed by atoms with Gasteiger partial charge >= 0.3 is 5.97 Å². The number of hydrogen-bond donors (Lipinski definition) is 2. The molecule has 2 aromatic heterocycles. The summed E-state index contributed by atoms with van der Waals surface area (Å²) in [5, 5.41) is 18.3. The Hall–Kier alpha value is -2.93. The molecular weight excluding hydrogens is 354 g/mol. The van der Waals surface area contributed by atoms with Crippen LogP contribution in [0.1, 0.15) is 35.2 Å². The summed E-state index contributed by atoms with van der Waals surface area (Å²) < 4.78 is 2.00. The van der Waals surface area contributed by atoms with Crippen LogP contribution >= 0.6 is 0 Å². The Labute approximate surface area is 165 Å². The minimum Gasteiger partial charge on any atom is -0.478 e. The number of aromatic nitrogens is 3. The van der Waals surface area contributed by atoms with Crippen molar-refractivity contribution >= 4 is 28.4 Å². The van der Waals surface area contributed by atoms with Crippen LogP contribution in [0.3, 0.4) is 0 Å².